The van der Waals surface area contributed by atoms with Crippen molar-refractivity contribution in [1.82, 2.24) is 9.88 Å². The van der Waals surface area contributed by atoms with Gasteiger partial charge in [0, 0.05) is 38.2 Å². The number of aromatic nitrogens is 1. The molecule has 0 bridgehead atoms. The summed E-state index contributed by atoms with van der Waals surface area (Å²) >= 11 is 0. The molecule has 2 aromatic heterocycles. The number of hydrogen-bond acceptors (Lipinski definition) is 5. The Kier molecular flexibility index (Phi) is 7.01. The van der Waals surface area contributed by atoms with Crippen LogP contribution in [0.4, 0.5) is 0 Å². The van der Waals surface area contributed by atoms with Crippen LogP contribution < -0.4 is 10.1 Å². The average Bonchev–Trinajstić information content (AvgIpc) is 3.97. The molecule has 12 rings (SSSR count). The molecule has 4 heterocycles. The molecule has 270 valence electrons. The van der Waals surface area contributed by atoms with E-state index in [0.29, 0.717) is 5.84 Å². The van der Waals surface area contributed by atoms with Gasteiger partial charge in [-0.25, -0.2) is 9.98 Å². The Balaban J connectivity index is 1.03. The minimum atomic E-state index is -0.326. The van der Waals surface area contributed by atoms with Crippen molar-refractivity contribution in [2.24, 2.45) is 9.98 Å². The van der Waals surface area contributed by atoms with Crippen molar-refractivity contribution in [3.05, 3.63) is 204 Å². The van der Waals surface area contributed by atoms with Gasteiger partial charge in [-0.2, -0.15) is 0 Å². The molecular formula is C51H34N4O2. The Bertz CT molecular complexity index is 3220. The summed E-state index contributed by atoms with van der Waals surface area (Å²) in [4.78, 5) is 10.6. The van der Waals surface area contributed by atoms with Gasteiger partial charge in [-0.15, -0.1) is 0 Å². The van der Waals surface area contributed by atoms with Gasteiger partial charge in [0.05, 0.1) is 22.6 Å². The lowest BCUT2D eigenvalue weighted by Crippen LogP contribution is -2.33. The first-order valence-corrected chi connectivity index (χ1v) is 19.5. The van der Waals surface area contributed by atoms with Crippen molar-refractivity contribution >= 4 is 61.1 Å². The number of amidine groups is 2. The lowest BCUT2D eigenvalue weighted by atomic mass is 9.87. The molecule has 2 aliphatic heterocycles. The van der Waals surface area contributed by atoms with Gasteiger partial charge in [-0.1, -0.05) is 140 Å². The number of fused-ring (bicyclic) bond motifs is 10. The summed E-state index contributed by atoms with van der Waals surface area (Å²) in [5.74, 6) is 3.19. The van der Waals surface area contributed by atoms with E-state index in [-0.39, 0.29) is 12.1 Å². The number of para-hydroxylation sites is 2. The molecule has 2 unspecified atom stereocenters. The second kappa shape index (κ2) is 12.5. The molecule has 1 N–H and O–H groups in total. The van der Waals surface area contributed by atoms with Crippen LogP contribution in [0.1, 0.15) is 40.8 Å². The van der Waals surface area contributed by atoms with Gasteiger partial charge < -0.3 is 19.0 Å². The lowest BCUT2D eigenvalue weighted by Gasteiger charge is -2.25. The van der Waals surface area contributed by atoms with Crippen LogP contribution in [-0.2, 0) is 0 Å². The predicted octanol–water partition coefficient (Wildman–Crippen LogP) is 12.2. The van der Waals surface area contributed by atoms with Crippen molar-refractivity contribution in [2.45, 2.75) is 18.5 Å². The van der Waals surface area contributed by atoms with E-state index < -0.39 is 0 Å². The molecule has 57 heavy (non-hydrogen) atoms. The zero-order chi connectivity index (χ0) is 37.5. The predicted molar refractivity (Wildman–Crippen MR) is 231 cm³/mol. The minimum Gasteiger partial charge on any atom is -0.459 e. The molecule has 2 atom stereocenters. The summed E-state index contributed by atoms with van der Waals surface area (Å²) in [6, 6.07) is 57.0. The molecule has 7 aromatic carbocycles. The smallest absolute Gasteiger partial charge is 0.160 e. The second-order valence-corrected chi connectivity index (χ2v) is 14.9. The highest BCUT2D eigenvalue weighted by atomic mass is 16.5. The fourth-order valence-corrected chi connectivity index (χ4v) is 9.03. The molecule has 0 spiro atoms. The van der Waals surface area contributed by atoms with Crippen LogP contribution >= 0.6 is 0 Å². The largest absolute Gasteiger partial charge is 0.459 e. The highest BCUT2D eigenvalue weighted by Gasteiger charge is 2.38. The zero-order valence-electron chi connectivity index (χ0n) is 30.8. The quantitative estimate of drug-likeness (QED) is 0.191. The third-order valence-electron chi connectivity index (χ3n) is 11.6. The lowest BCUT2D eigenvalue weighted by molar-refractivity contribution is 0.426. The first kappa shape index (κ1) is 31.9. The molecule has 0 amide bonds. The van der Waals surface area contributed by atoms with E-state index in [1.165, 1.54) is 5.39 Å². The fourth-order valence-electron chi connectivity index (χ4n) is 9.03. The third-order valence-corrected chi connectivity index (χ3v) is 11.6. The fraction of sp³-hybridized carbons (Fsp3) is 0.0588. The maximum absolute atomic E-state index is 6.99. The number of hydrogen-bond donors (Lipinski definition) is 1. The van der Waals surface area contributed by atoms with Crippen LogP contribution in [0.3, 0.4) is 0 Å². The summed E-state index contributed by atoms with van der Waals surface area (Å²) in [6.07, 6.45) is 4.96. The summed E-state index contributed by atoms with van der Waals surface area (Å²) in [5.41, 5.74) is 11.3. The van der Waals surface area contributed by atoms with Crippen molar-refractivity contribution in [2.75, 3.05) is 0 Å². The van der Waals surface area contributed by atoms with E-state index in [1.54, 1.807) is 0 Å². The Morgan fingerprint density at radius 1 is 0.632 bits per heavy atom. The van der Waals surface area contributed by atoms with Crippen molar-refractivity contribution in [1.29, 1.82) is 0 Å². The van der Waals surface area contributed by atoms with Crippen molar-refractivity contribution in [3.8, 4) is 16.9 Å². The Morgan fingerprint density at radius 3 is 2.26 bits per heavy atom. The SMILES string of the molecule is C1=CC(n2c3ccccc3c3ccc4c5ccccc5oc4c32)=C2Oc3cccc(C4=NC(c5ccccc5)NC(c5cccc(-c6ccccc6)c5)=N4)c3C2C1. The van der Waals surface area contributed by atoms with E-state index in [2.05, 4.69) is 162 Å². The summed E-state index contributed by atoms with van der Waals surface area (Å²) in [6.45, 7) is 0. The standard InChI is InChI=1S/C51H34N4O2/c1-3-14-31(15-4-1)33-18-11-19-34(30-33)50-52-49(32-16-5-2-6-17-32)53-51(54-50)40-23-13-27-44-45(40)39-22-12-25-42(47(39)57-44)55-41-24-9-7-20-35(41)37-28-29-38-36-21-8-10-26-43(36)56-48(38)46(37)55/h1-21,23-30,39,49H,22H2,(H,52,53,54). The van der Waals surface area contributed by atoms with Crippen LogP contribution in [-0.4, -0.2) is 16.2 Å². The van der Waals surface area contributed by atoms with Gasteiger partial charge in [0.15, 0.2) is 11.4 Å². The highest BCUT2D eigenvalue weighted by molar-refractivity contribution is 6.22. The number of allylic oxidation sites excluding steroid dienone is 4. The first-order chi connectivity index (χ1) is 28.3. The third kappa shape index (κ3) is 4.97. The van der Waals surface area contributed by atoms with E-state index in [4.69, 9.17) is 19.1 Å². The topological polar surface area (TPSA) is 64.0 Å². The normalized spacial score (nSPS) is 17.4. The van der Waals surface area contributed by atoms with Crippen LogP contribution in [0.25, 0.3) is 60.6 Å². The van der Waals surface area contributed by atoms with Crippen molar-refractivity contribution < 1.29 is 9.15 Å². The zero-order valence-corrected chi connectivity index (χ0v) is 30.8. The summed E-state index contributed by atoms with van der Waals surface area (Å²) < 4.78 is 16.0. The van der Waals surface area contributed by atoms with Crippen LogP contribution in [0, 0.1) is 0 Å². The number of aliphatic imine (C=N–C) groups is 2. The van der Waals surface area contributed by atoms with E-state index in [1.807, 2.05) is 24.3 Å². The number of rotatable bonds is 5. The maximum Gasteiger partial charge on any atom is 0.160 e. The number of ether oxygens (including phenoxy) is 1. The molecule has 0 saturated heterocycles. The van der Waals surface area contributed by atoms with Crippen LogP contribution in [0.2, 0.25) is 0 Å². The Hall–Kier alpha value is -7.44. The number of furan rings is 1. The molecule has 0 radical (unpaired) electrons. The molecule has 3 aliphatic rings. The maximum atomic E-state index is 6.99. The summed E-state index contributed by atoms with van der Waals surface area (Å²) in [7, 11) is 0. The van der Waals surface area contributed by atoms with Gasteiger partial charge in [-0.05, 0) is 59.5 Å². The van der Waals surface area contributed by atoms with Gasteiger partial charge in [0.2, 0.25) is 0 Å². The Morgan fingerprint density at radius 2 is 1.37 bits per heavy atom. The van der Waals surface area contributed by atoms with Gasteiger partial charge >= 0.3 is 0 Å². The summed E-state index contributed by atoms with van der Waals surface area (Å²) in [5, 5.41) is 8.19. The first-order valence-electron chi connectivity index (χ1n) is 19.5. The van der Waals surface area contributed by atoms with Gasteiger partial charge in [-0.3, -0.25) is 0 Å². The number of nitrogens with one attached hydrogen (secondary N) is 1. The minimum absolute atomic E-state index is 0.0323. The molecular weight excluding hydrogens is 701 g/mol. The molecule has 6 nitrogen and oxygen atoms in total. The van der Waals surface area contributed by atoms with Gasteiger partial charge in [0.1, 0.15) is 29.1 Å². The second-order valence-electron chi connectivity index (χ2n) is 14.9. The van der Waals surface area contributed by atoms with Crippen LogP contribution in [0.5, 0.6) is 5.75 Å². The number of nitrogens with zero attached hydrogens (tertiary/aromatic N) is 3. The number of benzene rings is 7. The molecule has 0 fully saturated rings. The van der Waals surface area contributed by atoms with E-state index >= 15 is 0 Å². The Labute approximate surface area is 328 Å². The molecule has 1 aliphatic carbocycles. The highest BCUT2D eigenvalue weighted by Crippen LogP contribution is 2.51. The van der Waals surface area contributed by atoms with E-state index in [9.17, 15) is 0 Å². The monoisotopic (exact) mass is 734 g/mol. The average molecular weight is 735 g/mol. The van der Waals surface area contributed by atoms with Crippen LogP contribution in [0.15, 0.2) is 196 Å². The van der Waals surface area contributed by atoms with E-state index in [0.717, 1.165) is 101 Å². The molecule has 0 saturated carbocycles. The van der Waals surface area contributed by atoms with Crippen molar-refractivity contribution in [3.63, 3.8) is 0 Å². The molecule has 9 aromatic rings. The van der Waals surface area contributed by atoms with Gasteiger partial charge in [0.25, 0.3) is 0 Å². The molecule has 6 heteroatoms.